The minimum absolute atomic E-state index is 0.124. The first-order chi connectivity index (χ1) is 13.4. The largest absolute Gasteiger partial charge is 0.376 e. The summed E-state index contributed by atoms with van der Waals surface area (Å²) >= 11 is 5.12. The number of carbonyl (C=O) groups excluding carboxylic acids is 1. The SMILES string of the molecule is Cc1c(C#N)c(NC(=O)CN(C)Cc2ccc(Br)s2)n(CC2CCCO2)c1C. The molecule has 8 heteroatoms. The molecule has 1 amide bonds. The highest BCUT2D eigenvalue weighted by atomic mass is 79.9. The lowest BCUT2D eigenvalue weighted by Crippen LogP contribution is -2.31. The first-order valence-electron chi connectivity index (χ1n) is 9.33. The third-order valence-electron chi connectivity index (χ3n) is 5.08. The molecule has 1 atom stereocenters. The maximum atomic E-state index is 12.7. The van der Waals surface area contributed by atoms with Gasteiger partial charge in [0, 0.05) is 23.7 Å². The van der Waals surface area contributed by atoms with Crippen LogP contribution in [0.4, 0.5) is 5.82 Å². The average Bonchev–Trinajstić information content (AvgIpc) is 3.34. The molecule has 1 aliphatic heterocycles. The van der Waals surface area contributed by atoms with Crippen molar-refractivity contribution in [3.63, 3.8) is 0 Å². The van der Waals surface area contributed by atoms with E-state index in [4.69, 9.17) is 4.74 Å². The van der Waals surface area contributed by atoms with Gasteiger partial charge in [0.15, 0.2) is 0 Å². The van der Waals surface area contributed by atoms with Crippen LogP contribution >= 0.6 is 27.3 Å². The monoisotopic (exact) mass is 464 g/mol. The molecule has 150 valence electrons. The summed E-state index contributed by atoms with van der Waals surface area (Å²) in [5, 5.41) is 12.6. The van der Waals surface area contributed by atoms with Gasteiger partial charge < -0.3 is 14.6 Å². The normalized spacial score (nSPS) is 16.5. The lowest BCUT2D eigenvalue weighted by Gasteiger charge is -2.19. The van der Waals surface area contributed by atoms with Gasteiger partial charge in [-0.15, -0.1) is 11.3 Å². The van der Waals surface area contributed by atoms with Gasteiger partial charge in [-0.05, 0) is 67.4 Å². The van der Waals surface area contributed by atoms with Crippen LogP contribution in [0.5, 0.6) is 0 Å². The lowest BCUT2D eigenvalue weighted by molar-refractivity contribution is -0.117. The zero-order valence-corrected chi connectivity index (χ0v) is 18.8. The van der Waals surface area contributed by atoms with Crippen LogP contribution in [0.25, 0.3) is 0 Å². The van der Waals surface area contributed by atoms with Crippen LogP contribution in [0.2, 0.25) is 0 Å². The number of anilines is 1. The zero-order chi connectivity index (χ0) is 20.3. The number of amides is 1. The molecular weight excluding hydrogens is 440 g/mol. The van der Waals surface area contributed by atoms with Crippen LogP contribution < -0.4 is 5.32 Å². The van der Waals surface area contributed by atoms with Gasteiger partial charge in [0.2, 0.25) is 5.91 Å². The van der Waals surface area contributed by atoms with Crippen LogP contribution in [-0.2, 0) is 22.6 Å². The molecule has 0 bridgehead atoms. The summed E-state index contributed by atoms with van der Waals surface area (Å²) in [6, 6.07) is 6.32. The molecule has 28 heavy (non-hydrogen) atoms. The number of thiophene rings is 1. The Kier molecular flexibility index (Phi) is 6.94. The van der Waals surface area contributed by atoms with Gasteiger partial charge in [-0.25, -0.2) is 0 Å². The van der Waals surface area contributed by atoms with Gasteiger partial charge in [0.05, 0.1) is 28.5 Å². The maximum absolute atomic E-state index is 12.7. The number of rotatable bonds is 7. The van der Waals surface area contributed by atoms with Gasteiger partial charge in [0.1, 0.15) is 11.9 Å². The molecule has 2 aromatic rings. The fourth-order valence-corrected chi connectivity index (χ4v) is 5.09. The number of hydrogen-bond donors (Lipinski definition) is 1. The predicted octanol–water partition coefficient (Wildman–Crippen LogP) is 4.05. The summed E-state index contributed by atoms with van der Waals surface area (Å²) in [4.78, 5) is 15.8. The molecule has 1 N–H and O–H groups in total. The Morgan fingerprint density at radius 3 is 2.89 bits per heavy atom. The molecule has 3 rings (SSSR count). The summed E-state index contributed by atoms with van der Waals surface area (Å²) < 4.78 is 8.87. The van der Waals surface area contributed by atoms with Gasteiger partial charge in [-0.3, -0.25) is 9.69 Å². The highest BCUT2D eigenvalue weighted by Crippen LogP contribution is 2.28. The maximum Gasteiger partial charge on any atom is 0.239 e. The van der Waals surface area contributed by atoms with E-state index < -0.39 is 0 Å². The van der Waals surface area contributed by atoms with Crippen molar-refractivity contribution < 1.29 is 9.53 Å². The van der Waals surface area contributed by atoms with Gasteiger partial charge >= 0.3 is 0 Å². The molecule has 0 aromatic carbocycles. The van der Waals surface area contributed by atoms with E-state index in [1.807, 2.05) is 36.4 Å². The first-order valence-corrected chi connectivity index (χ1v) is 10.9. The van der Waals surface area contributed by atoms with Gasteiger partial charge in [0.25, 0.3) is 0 Å². The quantitative estimate of drug-likeness (QED) is 0.670. The number of nitrogens with zero attached hydrogens (tertiary/aromatic N) is 3. The van der Waals surface area contributed by atoms with Crippen molar-refractivity contribution >= 4 is 39.0 Å². The summed E-state index contributed by atoms with van der Waals surface area (Å²) in [6.07, 6.45) is 2.19. The second-order valence-corrected chi connectivity index (χ2v) is 9.77. The fraction of sp³-hybridized carbons (Fsp3) is 0.500. The number of likely N-dealkylation sites (N-methyl/N-ethyl adjacent to an activating group) is 1. The van der Waals surface area contributed by atoms with E-state index in [0.717, 1.165) is 34.5 Å². The first kappa shape index (κ1) is 21.1. The molecule has 0 saturated carbocycles. The molecule has 0 spiro atoms. The van der Waals surface area contributed by atoms with Crippen molar-refractivity contribution in [1.29, 1.82) is 5.26 Å². The van der Waals surface area contributed by atoms with Crippen LogP contribution in [-0.4, -0.2) is 41.7 Å². The number of aromatic nitrogens is 1. The molecule has 6 nitrogen and oxygen atoms in total. The topological polar surface area (TPSA) is 70.3 Å². The van der Waals surface area contributed by atoms with E-state index in [-0.39, 0.29) is 18.6 Å². The van der Waals surface area contributed by atoms with Crippen molar-refractivity contribution in [2.75, 3.05) is 25.5 Å². The Morgan fingerprint density at radius 2 is 2.29 bits per heavy atom. The molecule has 1 saturated heterocycles. The Morgan fingerprint density at radius 1 is 1.50 bits per heavy atom. The van der Waals surface area contributed by atoms with E-state index in [0.29, 0.717) is 24.5 Å². The molecule has 1 unspecified atom stereocenters. The molecule has 1 fully saturated rings. The van der Waals surface area contributed by atoms with Crippen molar-refractivity contribution in [3.8, 4) is 6.07 Å². The number of halogens is 1. The lowest BCUT2D eigenvalue weighted by atomic mass is 10.2. The third kappa shape index (κ3) is 4.84. The standard InChI is InChI=1S/C20H25BrN4O2S/c1-13-14(2)25(10-15-5-4-8-27-15)20(17(13)9-22)23-19(26)12-24(3)11-16-6-7-18(21)28-16/h6-7,15H,4-5,8,10-12H2,1-3H3,(H,23,26). The smallest absolute Gasteiger partial charge is 0.239 e. The Bertz CT molecular complexity index is 893. The van der Waals surface area contributed by atoms with Gasteiger partial charge in [-0.2, -0.15) is 5.26 Å². The third-order valence-corrected chi connectivity index (χ3v) is 6.69. The number of ether oxygens (including phenoxy) is 1. The van der Waals surface area contributed by atoms with E-state index in [9.17, 15) is 10.1 Å². The highest BCUT2D eigenvalue weighted by Gasteiger charge is 2.24. The summed E-state index contributed by atoms with van der Waals surface area (Å²) in [5.74, 6) is 0.464. The van der Waals surface area contributed by atoms with Gasteiger partial charge in [-0.1, -0.05) is 0 Å². The Labute approximate surface area is 178 Å². The summed E-state index contributed by atoms with van der Waals surface area (Å²) in [6.45, 7) is 6.30. The van der Waals surface area contributed by atoms with E-state index >= 15 is 0 Å². The van der Waals surface area contributed by atoms with Crippen LogP contribution in [0.1, 0.15) is 34.5 Å². The van der Waals surface area contributed by atoms with E-state index in [1.165, 1.54) is 4.88 Å². The van der Waals surface area contributed by atoms with Crippen LogP contribution in [0.15, 0.2) is 15.9 Å². The zero-order valence-electron chi connectivity index (χ0n) is 16.4. The molecule has 2 aromatic heterocycles. The minimum atomic E-state index is -0.124. The number of carbonyl (C=O) groups is 1. The predicted molar refractivity (Wildman–Crippen MR) is 115 cm³/mol. The van der Waals surface area contributed by atoms with E-state index in [2.05, 4.69) is 33.4 Å². The average molecular weight is 465 g/mol. The minimum Gasteiger partial charge on any atom is -0.376 e. The van der Waals surface area contributed by atoms with E-state index in [1.54, 1.807) is 11.3 Å². The van der Waals surface area contributed by atoms with Crippen LogP contribution in [0.3, 0.4) is 0 Å². The summed E-state index contributed by atoms with van der Waals surface area (Å²) in [7, 11) is 1.92. The van der Waals surface area contributed by atoms with Crippen molar-refractivity contribution in [1.82, 2.24) is 9.47 Å². The number of nitrogens with one attached hydrogen (secondary N) is 1. The van der Waals surface area contributed by atoms with Crippen molar-refractivity contribution in [2.24, 2.45) is 0 Å². The molecule has 0 radical (unpaired) electrons. The molecule has 3 heterocycles. The number of hydrogen-bond acceptors (Lipinski definition) is 5. The molecule has 0 aliphatic carbocycles. The summed E-state index contributed by atoms with van der Waals surface area (Å²) in [5.41, 5.74) is 2.44. The highest BCUT2D eigenvalue weighted by molar-refractivity contribution is 9.11. The Balaban J connectivity index is 1.71. The Hall–Kier alpha value is -1.66. The van der Waals surface area contributed by atoms with Crippen LogP contribution in [0, 0.1) is 25.2 Å². The second-order valence-electron chi connectivity index (χ2n) is 7.22. The van der Waals surface area contributed by atoms with Crippen molar-refractivity contribution in [2.45, 2.75) is 45.9 Å². The molecular formula is C20H25BrN4O2S. The fourth-order valence-electron chi connectivity index (χ4n) is 3.53. The second kappa shape index (κ2) is 9.23. The number of nitriles is 1. The molecule has 1 aliphatic rings. The van der Waals surface area contributed by atoms with Crippen molar-refractivity contribution in [3.05, 3.63) is 37.6 Å².